The number of ether oxygens (including phenoxy) is 1. The zero-order chi connectivity index (χ0) is 26.1. The van der Waals surface area contributed by atoms with Crippen molar-refractivity contribution in [1.82, 2.24) is 9.80 Å². The molecular formula is C23H36N2O7S2. The van der Waals surface area contributed by atoms with E-state index in [0.29, 0.717) is 31.8 Å². The van der Waals surface area contributed by atoms with Gasteiger partial charge in [-0.2, -0.15) is 25.3 Å². The minimum atomic E-state index is -1.08. The lowest BCUT2D eigenvalue weighted by Gasteiger charge is -2.39. The van der Waals surface area contributed by atoms with Crippen molar-refractivity contribution in [2.24, 2.45) is 0 Å². The van der Waals surface area contributed by atoms with E-state index < -0.39 is 34.0 Å². The first kappa shape index (κ1) is 30.1. The monoisotopic (exact) mass is 516 g/mol. The van der Waals surface area contributed by atoms with Gasteiger partial charge in [0.2, 0.25) is 0 Å². The van der Waals surface area contributed by atoms with Gasteiger partial charge in [-0.05, 0) is 51.8 Å². The number of rotatable bonds is 16. The normalized spacial score (nSPS) is 13.2. The fourth-order valence-corrected chi connectivity index (χ4v) is 4.04. The number of thiol groups is 2. The van der Waals surface area contributed by atoms with Crippen molar-refractivity contribution in [2.75, 3.05) is 39.3 Å². The first-order chi connectivity index (χ1) is 15.5. The molecule has 0 amide bonds. The van der Waals surface area contributed by atoms with Gasteiger partial charge in [0.25, 0.3) is 0 Å². The first-order valence-electron chi connectivity index (χ1n) is 10.8. The van der Waals surface area contributed by atoms with E-state index in [2.05, 4.69) is 25.3 Å². The maximum Gasteiger partial charge on any atom is 0.341 e. The summed E-state index contributed by atoms with van der Waals surface area (Å²) in [6.45, 7) is 7.77. The van der Waals surface area contributed by atoms with E-state index in [0.717, 1.165) is 5.56 Å². The predicted molar refractivity (Wildman–Crippen MR) is 136 cm³/mol. The number of carboxylic acids is 3. The van der Waals surface area contributed by atoms with E-state index in [1.807, 2.05) is 32.6 Å². The Morgan fingerprint density at radius 1 is 0.882 bits per heavy atom. The van der Waals surface area contributed by atoms with E-state index in [9.17, 15) is 24.6 Å². The standard InChI is InChI=1S/C23H36N2O7S2/c1-22(2,33)14-24(11-19(26)27)10-17(25(12-20(28)29)15-23(3,4)34)9-16-5-7-18(8-6-16)32-13-21(30)31/h5-8,17,33-34H,9-15H2,1-4H3,(H,26,27)(H,28,29)(H,30,31). The molecule has 1 aromatic carbocycles. The lowest BCUT2D eigenvalue weighted by atomic mass is 10.0. The van der Waals surface area contributed by atoms with Crippen molar-refractivity contribution in [2.45, 2.75) is 49.7 Å². The zero-order valence-corrected chi connectivity index (χ0v) is 21.9. The highest BCUT2D eigenvalue weighted by molar-refractivity contribution is 7.82. The third-order valence-electron chi connectivity index (χ3n) is 4.64. The van der Waals surface area contributed by atoms with Gasteiger partial charge in [-0.3, -0.25) is 19.4 Å². The van der Waals surface area contributed by atoms with Crippen molar-refractivity contribution in [1.29, 1.82) is 0 Å². The van der Waals surface area contributed by atoms with Crippen molar-refractivity contribution >= 4 is 43.2 Å². The number of benzene rings is 1. The molecule has 1 atom stereocenters. The summed E-state index contributed by atoms with van der Waals surface area (Å²) >= 11 is 9.14. The molecule has 0 aliphatic heterocycles. The molecule has 0 saturated carbocycles. The van der Waals surface area contributed by atoms with Crippen LogP contribution in [0.4, 0.5) is 0 Å². The Morgan fingerprint density at radius 3 is 1.85 bits per heavy atom. The third kappa shape index (κ3) is 13.7. The van der Waals surface area contributed by atoms with Crippen LogP contribution >= 0.6 is 25.3 Å². The van der Waals surface area contributed by atoms with Crippen LogP contribution in [-0.4, -0.2) is 97.9 Å². The van der Waals surface area contributed by atoms with Crippen LogP contribution in [0.2, 0.25) is 0 Å². The predicted octanol–water partition coefficient (Wildman–Crippen LogP) is 2.25. The average molecular weight is 517 g/mol. The van der Waals surface area contributed by atoms with Crippen LogP contribution in [0.15, 0.2) is 24.3 Å². The highest BCUT2D eigenvalue weighted by Gasteiger charge is 2.30. The maximum atomic E-state index is 11.7. The van der Waals surface area contributed by atoms with Crippen LogP contribution in [-0.2, 0) is 20.8 Å². The Kier molecular flexibility index (Phi) is 11.7. The summed E-state index contributed by atoms with van der Waals surface area (Å²) in [4.78, 5) is 37.5. The molecule has 3 N–H and O–H groups in total. The van der Waals surface area contributed by atoms with Crippen LogP contribution in [0.1, 0.15) is 33.3 Å². The molecule has 34 heavy (non-hydrogen) atoms. The summed E-state index contributed by atoms with van der Waals surface area (Å²) in [5, 5.41) is 27.7. The molecule has 0 bridgehead atoms. The molecule has 0 aromatic heterocycles. The van der Waals surface area contributed by atoms with Crippen LogP contribution in [0.25, 0.3) is 0 Å². The third-order valence-corrected chi connectivity index (χ3v) is 4.92. The number of hydrogen-bond acceptors (Lipinski definition) is 8. The lowest BCUT2D eigenvalue weighted by Crippen LogP contribution is -2.52. The van der Waals surface area contributed by atoms with Crippen LogP contribution in [0, 0.1) is 0 Å². The Labute approximate surface area is 211 Å². The SMILES string of the molecule is CC(C)(S)CN(CC(=O)O)CC(Cc1ccc(OCC(=O)O)cc1)N(CC(=O)O)CC(C)(C)S. The summed E-state index contributed by atoms with van der Waals surface area (Å²) < 4.78 is 4.24. The molecule has 0 aliphatic rings. The highest BCUT2D eigenvalue weighted by Crippen LogP contribution is 2.22. The number of hydrogen-bond donors (Lipinski definition) is 5. The quantitative estimate of drug-likeness (QED) is 0.210. The van der Waals surface area contributed by atoms with Crippen molar-refractivity contribution in [3.05, 3.63) is 29.8 Å². The van der Waals surface area contributed by atoms with Crippen LogP contribution in [0.5, 0.6) is 5.75 Å². The molecule has 0 heterocycles. The van der Waals surface area contributed by atoms with Gasteiger partial charge in [0.1, 0.15) is 5.75 Å². The molecule has 0 saturated heterocycles. The van der Waals surface area contributed by atoms with Gasteiger partial charge in [-0.15, -0.1) is 0 Å². The summed E-state index contributed by atoms with van der Waals surface area (Å²) in [5.41, 5.74) is 0.875. The smallest absolute Gasteiger partial charge is 0.341 e. The second-order valence-corrected chi connectivity index (χ2v) is 12.1. The molecular weight excluding hydrogens is 480 g/mol. The van der Waals surface area contributed by atoms with Crippen molar-refractivity contribution in [3.63, 3.8) is 0 Å². The van der Waals surface area contributed by atoms with E-state index in [1.54, 1.807) is 29.2 Å². The topological polar surface area (TPSA) is 128 Å². The zero-order valence-electron chi connectivity index (χ0n) is 20.1. The molecule has 0 spiro atoms. The van der Waals surface area contributed by atoms with Crippen molar-refractivity contribution < 1.29 is 34.4 Å². The van der Waals surface area contributed by atoms with E-state index in [-0.39, 0.29) is 19.1 Å². The summed E-state index contributed by atoms with van der Waals surface area (Å²) in [6.07, 6.45) is 0.444. The first-order valence-corrected chi connectivity index (χ1v) is 11.7. The fourth-order valence-electron chi connectivity index (χ4n) is 3.65. The number of carbonyl (C=O) groups is 3. The molecule has 192 valence electrons. The largest absolute Gasteiger partial charge is 0.482 e. The van der Waals surface area contributed by atoms with Gasteiger partial charge in [0.05, 0.1) is 13.1 Å². The summed E-state index contributed by atoms with van der Waals surface area (Å²) in [7, 11) is 0. The van der Waals surface area contributed by atoms with E-state index >= 15 is 0 Å². The molecule has 0 radical (unpaired) electrons. The molecule has 0 fully saturated rings. The Balaban J connectivity index is 3.23. The lowest BCUT2D eigenvalue weighted by molar-refractivity contribution is -0.141. The number of carboxylic acid groups (broad SMARTS) is 3. The van der Waals surface area contributed by atoms with Gasteiger partial charge in [0, 0.05) is 35.2 Å². The molecule has 1 aromatic rings. The van der Waals surface area contributed by atoms with E-state index in [4.69, 9.17) is 9.84 Å². The summed E-state index contributed by atoms with van der Waals surface area (Å²) in [5.74, 6) is -2.63. The minimum Gasteiger partial charge on any atom is -0.482 e. The van der Waals surface area contributed by atoms with E-state index in [1.165, 1.54) is 0 Å². The fraction of sp³-hybridized carbons (Fsp3) is 0.609. The van der Waals surface area contributed by atoms with Gasteiger partial charge in [-0.1, -0.05) is 12.1 Å². The van der Waals surface area contributed by atoms with Crippen molar-refractivity contribution in [3.8, 4) is 5.75 Å². The molecule has 0 aliphatic carbocycles. The molecule has 11 heteroatoms. The van der Waals surface area contributed by atoms with Gasteiger partial charge in [0.15, 0.2) is 6.61 Å². The van der Waals surface area contributed by atoms with Crippen LogP contribution < -0.4 is 4.74 Å². The number of nitrogens with zero attached hydrogens (tertiary/aromatic N) is 2. The minimum absolute atomic E-state index is 0.201. The van der Waals surface area contributed by atoms with Gasteiger partial charge >= 0.3 is 17.9 Å². The molecule has 1 rings (SSSR count). The highest BCUT2D eigenvalue weighted by atomic mass is 32.1. The second-order valence-electron chi connectivity index (χ2n) is 9.67. The van der Waals surface area contributed by atoms with Crippen LogP contribution in [0.3, 0.4) is 0 Å². The maximum absolute atomic E-state index is 11.7. The molecule has 9 nitrogen and oxygen atoms in total. The Hall–Kier alpha value is -1.95. The summed E-state index contributed by atoms with van der Waals surface area (Å²) in [6, 6.07) is 6.57. The number of aliphatic carboxylic acids is 3. The second kappa shape index (κ2) is 13.2. The van der Waals surface area contributed by atoms with Gasteiger partial charge < -0.3 is 20.1 Å². The Morgan fingerprint density at radius 2 is 1.41 bits per heavy atom. The Bertz CT molecular complexity index is 820. The average Bonchev–Trinajstić information content (AvgIpc) is 2.63. The van der Waals surface area contributed by atoms with Gasteiger partial charge in [-0.25, -0.2) is 4.79 Å². The molecule has 1 unspecified atom stereocenters.